The van der Waals surface area contributed by atoms with Crippen molar-refractivity contribution >= 4 is 25.3 Å². The number of nitrogens with zero attached hydrogens (tertiary/aromatic N) is 4. The summed E-state index contributed by atoms with van der Waals surface area (Å²) >= 11 is 0. The van der Waals surface area contributed by atoms with Crippen LogP contribution >= 0.6 is 0 Å². The minimum absolute atomic E-state index is 0.0891. The monoisotopic (exact) mass is 383 g/mol. The molecule has 1 fully saturated rings. The zero-order valence-corrected chi connectivity index (χ0v) is 16.7. The Morgan fingerprint density at radius 2 is 2.04 bits per heavy atom. The number of nitrogen functional groups attached to an aromatic ring is 1. The van der Waals surface area contributed by atoms with E-state index in [2.05, 4.69) is 35.7 Å². The molecule has 26 heavy (non-hydrogen) atoms. The second kappa shape index (κ2) is 6.52. The van der Waals surface area contributed by atoms with Gasteiger partial charge >= 0.3 is 0 Å². The Kier molecular flexibility index (Phi) is 4.80. The second-order valence-corrected chi connectivity index (χ2v) is 12.9. The third kappa shape index (κ3) is 3.11. The number of alkyl halides is 1. The van der Waals surface area contributed by atoms with E-state index in [9.17, 15) is 5.11 Å². The van der Waals surface area contributed by atoms with Crippen LogP contribution in [0.25, 0.3) is 11.2 Å². The summed E-state index contributed by atoms with van der Waals surface area (Å²) in [6.45, 7) is 9.99. The molecular weight excluding hydrogens is 357 g/mol. The lowest BCUT2D eigenvalue weighted by Gasteiger charge is -2.39. The van der Waals surface area contributed by atoms with Crippen molar-refractivity contribution in [2.75, 3.05) is 12.3 Å². The SMILES string of the molecule is CC(C)(C)[Si](C)(C)OC1C(F)[C@H](n2cnc3c(N)ncnc32)O[C@@H]1CO. The number of fused-ring (bicyclic) bond motifs is 1. The fourth-order valence-corrected chi connectivity index (χ4v) is 4.09. The van der Waals surface area contributed by atoms with E-state index in [4.69, 9.17) is 14.9 Å². The van der Waals surface area contributed by atoms with Crippen LogP contribution < -0.4 is 5.73 Å². The molecule has 4 atom stereocenters. The quantitative estimate of drug-likeness (QED) is 0.778. The van der Waals surface area contributed by atoms with E-state index < -0.39 is 32.9 Å². The highest BCUT2D eigenvalue weighted by atomic mass is 28.4. The average molecular weight is 384 g/mol. The molecular formula is C16H26FN5O3Si. The third-order valence-electron chi connectivity index (χ3n) is 5.34. The Balaban J connectivity index is 1.92. The van der Waals surface area contributed by atoms with E-state index in [1.165, 1.54) is 17.2 Å². The van der Waals surface area contributed by atoms with Crippen LogP contribution in [0.15, 0.2) is 12.7 Å². The van der Waals surface area contributed by atoms with E-state index >= 15 is 4.39 Å². The van der Waals surface area contributed by atoms with Crippen molar-refractivity contribution in [3.8, 4) is 0 Å². The Bertz CT molecular complexity index is 794. The molecule has 10 heteroatoms. The number of ether oxygens (including phenoxy) is 1. The van der Waals surface area contributed by atoms with Gasteiger partial charge in [0, 0.05) is 0 Å². The zero-order chi connectivity index (χ0) is 19.3. The third-order valence-corrected chi connectivity index (χ3v) is 9.82. The van der Waals surface area contributed by atoms with Gasteiger partial charge in [-0.3, -0.25) is 4.57 Å². The zero-order valence-electron chi connectivity index (χ0n) is 15.7. The number of imidazole rings is 1. The molecule has 3 N–H and O–H groups in total. The van der Waals surface area contributed by atoms with E-state index in [1.54, 1.807) is 0 Å². The van der Waals surface area contributed by atoms with Crippen LogP contribution in [0.5, 0.6) is 0 Å². The summed E-state index contributed by atoms with van der Waals surface area (Å²) in [4.78, 5) is 12.2. The molecule has 1 saturated heterocycles. The van der Waals surface area contributed by atoms with Crippen molar-refractivity contribution in [3.63, 3.8) is 0 Å². The van der Waals surface area contributed by atoms with Gasteiger partial charge in [-0.1, -0.05) is 20.8 Å². The fourth-order valence-electron chi connectivity index (χ4n) is 2.78. The predicted molar refractivity (Wildman–Crippen MR) is 97.7 cm³/mol. The number of hydrogen-bond donors (Lipinski definition) is 2. The second-order valence-electron chi connectivity index (χ2n) is 8.12. The van der Waals surface area contributed by atoms with Gasteiger partial charge in [0.15, 0.2) is 32.2 Å². The summed E-state index contributed by atoms with van der Waals surface area (Å²) in [5, 5.41) is 9.61. The molecule has 0 amide bonds. The smallest absolute Gasteiger partial charge is 0.192 e. The van der Waals surface area contributed by atoms with Crippen LogP contribution in [-0.4, -0.2) is 57.9 Å². The highest BCUT2D eigenvalue weighted by Crippen LogP contribution is 2.42. The summed E-state index contributed by atoms with van der Waals surface area (Å²) < 4.78 is 28.8. The van der Waals surface area contributed by atoms with Crippen molar-refractivity contribution in [1.29, 1.82) is 0 Å². The first-order valence-corrected chi connectivity index (χ1v) is 11.5. The minimum Gasteiger partial charge on any atom is -0.408 e. The lowest BCUT2D eigenvalue weighted by Crippen LogP contribution is -2.49. The number of hydrogen-bond acceptors (Lipinski definition) is 7. The summed E-state index contributed by atoms with van der Waals surface area (Å²) in [5.41, 5.74) is 6.56. The number of nitrogens with two attached hydrogens (primary N) is 1. The Labute approximate surface area is 152 Å². The Morgan fingerprint density at radius 3 is 2.65 bits per heavy atom. The summed E-state index contributed by atoms with van der Waals surface area (Å²) in [5.74, 6) is 0.218. The standard InChI is InChI=1S/C16H26FN5O3Si/c1-16(2,3)26(4,5)25-12-9(6-23)24-15(10(12)17)22-8-21-11-13(18)19-7-20-14(11)22/h7-10,12,15,23H,6H2,1-5H3,(H2,18,19,20)/t9-,10?,12?,15-/m1/s1. The molecule has 2 unspecified atom stereocenters. The first kappa shape index (κ1) is 19.1. The van der Waals surface area contributed by atoms with Gasteiger partial charge < -0.3 is 20.0 Å². The number of halogens is 1. The number of aliphatic hydroxyl groups is 1. The number of anilines is 1. The van der Waals surface area contributed by atoms with Gasteiger partial charge in [0.2, 0.25) is 0 Å². The molecule has 144 valence electrons. The summed E-state index contributed by atoms with van der Waals surface area (Å²) in [6, 6.07) is 0. The minimum atomic E-state index is -2.25. The van der Waals surface area contributed by atoms with E-state index in [1.807, 2.05) is 13.1 Å². The number of rotatable bonds is 4. The van der Waals surface area contributed by atoms with Gasteiger partial charge in [-0.15, -0.1) is 0 Å². The van der Waals surface area contributed by atoms with Crippen LogP contribution in [0.2, 0.25) is 18.1 Å². The lowest BCUT2D eigenvalue weighted by molar-refractivity contribution is -0.0445. The maximum Gasteiger partial charge on any atom is 0.192 e. The molecule has 0 aliphatic carbocycles. The summed E-state index contributed by atoms with van der Waals surface area (Å²) in [7, 11) is -2.25. The highest BCUT2D eigenvalue weighted by Gasteiger charge is 2.51. The molecule has 2 aromatic rings. The molecule has 0 bridgehead atoms. The first-order valence-electron chi connectivity index (χ1n) is 8.58. The van der Waals surface area contributed by atoms with Crippen LogP contribution in [0, 0.1) is 0 Å². The van der Waals surface area contributed by atoms with Crippen LogP contribution in [0.3, 0.4) is 0 Å². The first-order chi connectivity index (χ1) is 12.1. The van der Waals surface area contributed by atoms with E-state index in [0.717, 1.165) is 0 Å². The topological polar surface area (TPSA) is 108 Å². The molecule has 1 aliphatic heterocycles. The molecule has 2 aromatic heterocycles. The maximum atomic E-state index is 15.3. The van der Waals surface area contributed by atoms with Crippen molar-refractivity contribution in [3.05, 3.63) is 12.7 Å². The molecule has 3 rings (SSSR count). The molecule has 3 heterocycles. The normalized spacial score (nSPS) is 27.3. The van der Waals surface area contributed by atoms with E-state index in [-0.39, 0.29) is 17.5 Å². The molecule has 0 spiro atoms. The Morgan fingerprint density at radius 1 is 1.35 bits per heavy atom. The van der Waals surface area contributed by atoms with Gasteiger partial charge in [0.25, 0.3) is 0 Å². The van der Waals surface area contributed by atoms with Crippen molar-refractivity contribution in [2.45, 2.75) is 63.5 Å². The van der Waals surface area contributed by atoms with Crippen LogP contribution in [0.1, 0.15) is 27.0 Å². The molecule has 0 aromatic carbocycles. The van der Waals surface area contributed by atoms with E-state index in [0.29, 0.717) is 11.2 Å². The molecule has 0 radical (unpaired) electrons. The molecule has 8 nitrogen and oxygen atoms in total. The average Bonchev–Trinajstić information content (AvgIpc) is 3.09. The predicted octanol–water partition coefficient (Wildman–Crippen LogP) is 2.03. The van der Waals surface area contributed by atoms with Crippen molar-refractivity contribution < 1.29 is 18.7 Å². The highest BCUT2D eigenvalue weighted by molar-refractivity contribution is 6.74. The maximum absolute atomic E-state index is 15.3. The molecule has 0 saturated carbocycles. The van der Waals surface area contributed by atoms with Gasteiger partial charge in [-0.25, -0.2) is 19.3 Å². The van der Waals surface area contributed by atoms with Gasteiger partial charge in [-0.05, 0) is 18.1 Å². The summed E-state index contributed by atoms with van der Waals surface area (Å²) in [6.07, 6.45) is -1.37. The van der Waals surface area contributed by atoms with Crippen molar-refractivity contribution in [2.24, 2.45) is 0 Å². The number of aromatic nitrogens is 4. The van der Waals surface area contributed by atoms with Crippen LogP contribution in [-0.2, 0) is 9.16 Å². The largest absolute Gasteiger partial charge is 0.408 e. The van der Waals surface area contributed by atoms with Crippen molar-refractivity contribution in [1.82, 2.24) is 19.5 Å². The van der Waals surface area contributed by atoms with Crippen LogP contribution in [0.4, 0.5) is 10.2 Å². The number of aliphatic hydroxyl groups excluding tert-OH is 1. The molecule has 1 aliphatic rings. The lowest BCUT2D eigenvalue weighted by atomic mass is 10.1. The van der Waals surface area contributed by atoms with Gasteiger partial charge in [0.05, 0.1) is 12.9 Å². The van der Waals surface area contributed by atoms with Gasteiger partial charge in [-0.2, -0.15) is 0 Å². The fraction of sp³-hybridized carbons (Fsp3) is 0.688. The van der Waals surface area contributed by atoms with Gasteiger partial charge in [0.1, 0.15) is 24.1 Å². The Hall–Kier alpha value is -1.62.